The SMILES string of the molecule is CC(/C=C(/C)[N-]c1ccccc1)=Nc1ccccc1.CC(/C=C(/C)[N-]c1ccccc1)=Nc1ccccc1.CC(=O)[O-].CC(=O)[O-].CC(=O)[O-].CC(=O)[O-].ClCCl.ClCCl.[Cu+2].[Pd+2].[Pd+2]. The predicted molar refractivity (Wildman–Crippen MR) is 241 cm³/mol. The second kappa shape index (κ2) is 52.5. The number of nitrogens with zero attached hydrogens (tertiary/aromatic N) is 4. The maximum atomic E-state index is 8.89. The first kappa shape index (κ1) is 73.6. The fourth-order valence-electron chi connectivity index (χ4n) is 3.56. The first-order valence-corrected chi connectivity index (χ1v) is 19.4. The largest absolute Gasteiger partial charge is 2.00 e. The number of alkyl halides is 4. The van der Waals surface area contributed by atoms with E-state index < -0.39 is 23.9 Å². The zero-order chi connectivity index (χ0) is 46.7. The van der Waals surface area contributed by atoms with Crippen LogP contribution in [-0.2, 0) is 77.1 Å². The van der Waals surface area contributed by atoms with Crippen LogP contribution in [0.1, 0.15) is 55.4 Å². The topological polar surface area (TPSA) is 213 Å². The maximum absolute atomic E-state index is 8.89. The molecule has 0 unspecified atom stereocenters. The molecule has 0 fully saturated rings. The molecule has 0 aliphatic rings. The van der Waals surface area contributed by atoms with E-state index in [2.05, 4.69) is 20.6 Å². The third-order valence-electron chi connectivity index (χ3n) is 5.08. The van der Waals surface area contributed by atoms with Gasteiger partial charge in [0.1, 0.15) is 0 Å². The molecule has 0 saturated carbocycles. The van der Waals surface area contributed by atoms with E-state index in [1.54, 1.807) is 0 Å². The number of hydrogen-bond acceptors (Lipinski definition) is 10. The van der Waals surface area contributed by atoms with Crippen LogP contribution in [-0.4, -0.2) is 46.0 Å². The number of carboxylic acids is 4. The summed E-state index contributed by atoms with van der Waals surface area (Å²) in [4.78, 5) is 44.6. The molecule has 4 aromatic carbocycles. The minimum atomic E-state index is -1.08. The van der Waals surface area contributed by atoms with Crippen LogP contribution in [0, 0.1) is 0 Å². The Morgan fingerprint density at radius 3 is 0.810 bits per heavy atom. The quantitative estimate of drug-likeness (QED) is 0.0944. The van der Waals surface area contributed by atoms with Crippen molar-refractivity contribution in [1.82, 2.24) is 0 Å². The van der Waals surface area contributed by atoms with Gasteiger partial charge in [0.05, 0.1) is 22.1 Å². The number of carbonyl (C=O) groups excluding carboxylic acids is 4. The number of aliphatic carboxylic acids is 4. The second-order valence-corrected chi connectivity index (χ2v) is 12.4. The van der Waals surface area contributed by atoms with Crippen molar-refractivity contribution in [2.75, 3.05) is 10.7 Å². The second-order valence-electron chi connectivity index (χ2n) is 10.8. The van der Waals surface area contributed by atoms with Crippen molar-refractivity contribution in [3.63, 3.8) is 0 Å². The van der Waals surface area contributed by atoms with Crippen LogP contribution in [0.15, 0.2) is 155 Å². The van der Waals surface area contributed by atoms with Crippen molar-refractivity contribution in [2.24, 2.45) is 9.98 Å². The molecule has 19 heteroatoms. The Bertz CT molecular complexity index is 1680. The Morgan fingerprint density at radius 2 is 0.619 bits per heavy atom. The molecular formula is C44H50Cl4CuN4O8Pd2. The smallest absolute Gasteiger partial charge is 0.661 e. The molecule has 12 nitrogen and oxygen atoms in total. The summed E-state index contributed by atoms with van der Waals surface area (Å²) in [5.41, 5.74) is 7.64. The summed E-state index contributed by atoms with van der Waals surface area (Å²) in [7, 11) is 0. The summed E-state index contributed by atoms with van der Waals surface area (Å²) in [6.45, 7) is 11.8. The maximum Gasteiger partial charge on any atom is 2.00 e. The van der Waals surface area contributed by atoms with Gasteiger partial charge in [-0.15, -0.1) is 57.8 Å². The molecule has 0 amide bonds. The van der Waals surface area contributed by atoms with Gasteiger partial charge in [-0.3, -0.25) is 9.98 Å². The molecule has 63 heavy (non-hydrogen) atoms. The molecule has 0 aliphatic carbocycles. The summed E-state index contributed by atoms with van der Waals surface area (Å²) >= 11 is 19.1. The third kappa shape index (κ3) is 67.4. The van der Waals surface area contributed by atoms with Gasteiger partial charge >= 0.3 is 57.9 Å². The van der Waals surface area contributed by atoms with Crippen LogP contribution in [0.4, 0.5) is 22.7 Å². The van der Waals surface area contributed by atoms with E-state index >= 15 is 0 Å². The molecule has 0 N–H and O–H groups in total. The standard InChI is InChI=1S/2C17H17N2.4C2H4O2.2CH2Cl2.Cu.2Pd/c2*1-14(18-16-9-5-3-6-10-16)13-15(2)19-17-11-7-4-8-12-17;4*1-2(3)4;2*2-1-3;;;/h2*3-13H,1-2H3;4*1H3,(H,3,4);2*1H2;;;/q2*-1;;;;;;;3*+2/p-4/b2*14-13-,19-15?;;;;;;;;;. The van der Waals surface area contributed by atoms with Gasteiger partial charge in [0.15, 0.2) is 0 Å². The van der Waals surface area contributed by atoms with Crippen molar-refractivity contribution < 1.29 is 97.5 Å². The van der Waals surface area contributed by atoms with Crippen LogP contribution in [0.25, 0.3) is 10.6 Å². The zero-order valence-corrected chi connectivity index (χ0v) is 42.7. The molecule has 0 heterocycles. The minimum Gasteiger partial charge on any atom is -0.661 e. The van der Waals surface area contributed by atoms with E-state index in [9.17, 15) is 0 Å². The molecule has 0 saturated heterocycles. The predicted octanol–water partition coefficient (Wildman–Crippen LogP) is 8.64. The Morgan fingerprint density at radius 1 is 0.444 bits per heavy atom. The summed E-state index contributed by atoms with van der Waals surface area (Å²) in [5.74, 6) is -4.33. The Kier molecular flexibility index (Phi) is 61.3. The van der Waals surface area contributed by atoms with E-state index in [0.717, 1.165) is 73.3 Å². The summed E-state index contributed by atoms with van der Waals surface area (Å²) < 4.78 is 0. The van der Waals surface area contributed by atoms with E-state index in [1.165, 1.54) is 0 Å². The van der Waals surface area contributed by atoms with Gasteiger partial charge in [0, 0.05) is 35.3 Å². The van der Waals surface area contributed by atoms with Gasteiger partial charge in [0.2, 0.25) is 0 Å². The molecule has 0 aromatic heterocycles. The van der Waals surface area contributed by atoms with Gasteiger partial charge in [-0.25, -0.2) is 0 Å². The number of carbonyl (C=O) groups is 4. The van der Waals surface area contributed by atoms with E-state index in [4.69, 9.17) is 86.0 Å². The molecule has 0 atom stereocenters. The monoisotopic (exact) mass is 1180 g/mol. The van der Waals surface area contributed by atoms with E-state index in [1.807, 2.05) is 161 Å². The normalized spacial score (nSPS) is 9.59. The van der Waals surface area contributed by atoms with Crippen LogP contribution in [0.5, 0.6) is 0 Å². The van der Waals surface area contributed by atoms with Crippen LogP contribution in [0.2, 0.25) is 0 Å². The van der Waals surface area contributed by atoms with E-state index in [-0.39, 0.29) is 68.6 Å². The number of benzene rings is 4. The molecule has 4 aromatic rings. The van der Waals surface area contributed by atoms with E-state index in [0.29, 0.717) is 0 Å². The molecule has 0 bridgehead atoms. The third-order valence-corrected chi connectivity index (χ3v) is 5.08. The van der Waals surface area contributed by atoms with Crippen molar-refractivity contribution in [3.8, 4) is 0 Å². The first-order chi connectivity index (χ1) is 28.2. The van der Waals surface area contributed by atoms with Gasteiger partial charge in [-0.2, -0.15) is 11.4 Å². The number of allylic oxidation sites excluding steroid dienone is 4. The minimum absolute atomic E-state index is 0. The number of carboxylic acid groups (broad SMARTS) is 4. The molecule has 0 spiro atoms. The average Bonchev–Trinajstić information content (AvgIpc) is 3.13. The summed E-state index contributed by atoms with van der Waals surface area (Å²) in [5, 5.41) is 45.0. The van der Waals surface area contributed by atoms with Crippen molar-refractivity contribution in [3.05, 3.63) is 156 Å². The Labute approximate surface area is 430 Å². The molecule has 353 valence electrons. The number of hydrogen-bond donors (Lipinski definition) is 0. The molecule has 4 rings (SSSR count). The van der Waals surface area contributed by atoms with Gasteiger partial charge < -0.3 is 50.2 Å². The van der Waals surface area contributed by atoms with Crippen LogP contribution >= 0.6 is 46.4 Å². The van der Waals surface area contributed by atoms with Gasteiger partial charge in [0.25, 0.3) is 0 Å². The first-order valence-electron chi connectivity index (χ1n) is 17.3. The number of aliphatic imine (C=N–C) groups is 2. The molecular weight excluding hydrogens is 1130 g/mol. The van der Waals surface area contributed by atoms with Crippen molar-refractivity contribution >= 4 is 104 Å². The van der Waals surface area contributed by atoms with Crippen LogP contribution < -0.4 is 20.4 Å². The van der Waals surface area contributed by atoms with Crippen LogP contribution in [0.3, 0.4) is 0 Å². The van der Waals surface area contributed by atoms with Gasteiger partial charge in [-0.1, -0.05) is 123 Å². The zero-order valence-electron chi connectivity index (χ0n) is 35.6. The fourth-order valence-corrected chi connectivity index (χ4v) is 3.56. The number of para-hydroxylation sites is 4. The average molecular weight is 1180 g/mol. The van der Waals surface area contributed by atoms with Gasteiger partial charge in [-0.05, 0) is 65.8 Å². The molecule has 1 radical (unpaired) electrons. The van der Waals surface area contributed by atoms with Crippen molar-refractivity contribution in [2.45, 2.75) is 55.4 Å². The Hall–Kier alpha value is -3.82. The Balaban J connectivity index is -0.000000132. The summed E-state index contributed by atoms with van der Waals surface area (Å²) in [6.07, 6.45) is 3.97. The number of rotatable bonds is 8. The molecule has 0 aliphatic heterocycles. The van der Waals surface area contributed by atoms with Crippen molar-refractivity contribution in [1.29, 1.82) is 0 Å². The summed E-state index contributed by atoms with van der Waals surface area (Å²) in [6, 6.07) is 39.7. The number of halogens is 4. The fraction of sp³-hybridized carbons (Fsp3) is 0.227.